The van der Waals surface area contributed by atoms with Gasteiger partial charge in [-0.15, -0.1) is 0 Å². The van der Waals surface area contributed by atoms with Gasteiger partial charge in [-0.1, -0.05) is 86.3 Å². The van der Waals surface area contributed by atoms with E-state index >= 15 is 0 Å². The van der Waals surface area contributed by atoms with Crippen molar-refractivity contribution in [3.8, 4) is 0 Å². The summed E-state index contributed by atoms with van der Waals surface area (Å²) in [4.78, 5) is 26.2. The molecule has 0 saturated heterocycles. The number of dihydropyridines is 1. The number of hydrogen-bond acceptors (Lipinski definition) is 5. The average Bonchev–Trinajstić information content (AvgIpc) is 2.78. The zero-order valence-corrected chi connectivity index (χ0v) is 18.4. The fourth-order valence-electron chi connectivity index (χ4n) is 3.69. The van der Waals surface area contributed by atoms with Crippen molar-refractivity contribution in [3.63, 3.8) is 0 Å². The van der Waals surface area contributed by atoms with Crippen LogP contribution in [0.3, 0.4) is 0 Å². The summed E-state index contributed by atoms with van der Waals surface area (Å²) in [5, 5.41) is 3.35. The number of thioether (sulfide) groups is 1. The Labute approximate surface area is 182 Å². The van der Waals surface area contributed by atoms with E-state index in [0.29, 0.717) is 23.3 Å². The van der Waals surface area contributed by atoms with E-state index in [1.807, 2.05) is 81.4 Å². The largest absolute Gasteiger partial charge is 0.457 e. The highest BCUT2D eigenvalue weighted by Gasteiger charge is 2.36. The van der Waals surface area contributed by atoms with Crippen molar-refractivity contribution in [3.05, 3.63) is 88.6 Å². The Morgan fingerprint density at radius 1 is 0.967 bits per heavy atom. The first-order chi connectivity index (χ1) is 14.6. The molecule has 0 bridgehead atoms. The van der Waals surface area contributed by atoms with Gasteiger partial charge in [0.1, 0.15) is 6.61 Å². The van der Waals surface area contributed by atoms with E-state index in [4.69, 9.17) is 4.74 Å². The third-order valence-electron chi connectivity index (χ3n) is 5.08. The molecule has 1 atom stereocenters. The lowest BCUT2D eigenvalue weighted by atomic mass is 9.82. The van der Waals surface area contributed by atoms with Gasteiger partial charge >= 0.3 is 5.97 Å². The van der Waals surface area contributed by atoms with Gasteiger partial charge in [-0.3, -0.25) is 4.79 Å². The highest BCUT2D eigenvalue weighted by molar-refractivity contribution is 8.14. The van der Waals surface area contributed by atoms with Gasteiger partial charge < -0.3 is 10.1 Å². The summed E-state index contributed by atoms with van der Waals surface area (Å²) in [5.74, 6) is -0.0117. The Balaban J connectivity index is 2.01. The van der Waals surface area contributed by atoms with E-state index in [0.717, 1.165) is 22.5 Å². The molecule has 0 saturated carbocycles. The Morgan fingerprint density at radius 2 is 1.60 bits per heavy atom. The van der Waals surface area contributed by atoms with Crippen LogP contribution >= 0.6 is 11.8 Å². The predicted octanol–water partition coefficient (Wildman–Crippen LogP) is 5.32. The number of rotatable bonds is 7. The molecule has 0 amide bonds. The maximum Gasteiger partial charge on any atom is 0.337 e. The summed E-state index contributed by atoms with van der Waals surface area (Å²) in [5.41, 5.74) is 4.52. The minimum absolute atomic E-state index is 0.00909. The number of nitrogens with one attached hydrogen (secondary N) is 1. The Morgan fingerprint density at radius 3 is 2.20 bits per heavy atom. The molecule has 4 nitrogen and oxygen atoms in total. The SMILES string of the molecule is CCSC(=O)C1=C(C)NC(c2ccccc2)=C(C(=O)OCc2ccccc2)[C@@H]1CC. The van der Waals surface area contributed by atoms with Crippen LogP contribution in [0.2, 0.25) is 0 Å². The lowest BCUT2D eigenvalue weighted by Crippen LogP contribution is -2.32. The molecule has 0 aromatic heterocycles. The summed E-state index contributed by atoms with van der Waals surface area (Å²) >= 11 is 1.27. The van der Waals surface area contributed by atoms with Crippen molar-refractivity contribution in [1.29, 1.82) is 0 Å². The fraction of sp³-hybridized carbons (Fsp3) is 0.280. The third-order valence-corrected chi connectivity index (χ3v) is 5.85. The van der Waals surface area contributed by atoms with Crippen LogP contribution in [0, 0.1) is 5.92 Å². The van der Waals surface area contributed by atoms with E-state index in [1.165, 1.54) is 11.8 Å². The van der Waals surface area contributed by atoms with Crippen molar-refractivity contribution >= 4 is 28.5 Å². The van der Waals surface area contributed by atoms with Gasteiger partial charge in [0.2, 0.25) is 5.12 Å². The first kappa shape index (κ1) is 21.9. The highest BCUT2D eigenvalue weighted by Crippen LogP contribution is 2.38. The topological polar surface area (TPSA) is 55.4 Å². The summed E-state index contributed by atoms with van der Waals surface area (Å²) in [6.45, 7) is 6.05. The molecule has 5 heteroatoms. The zero-order chi connectivity index (χ0) is 21.5. The Bertz CT molecular complexity index is 964. The summed E-state index contributed by atoms with van der Waals surface area (Å²) in [6.07, 6.45) is 0.635. The third kappa shape index (κ3) is 4.85. The number of carbonyl (C=O) groups is 2. The van der Waals surface area contributed by atoms with Crippen LogP contribution in [0.4, 0.5) is 0 Å². The molecule has 1 aliphatic rings. The molecule has 0 radical (unpaired) electrons. The molecule has 0 unspecified atom stereocenters. The monoisotopic (exact) mass is 421 g/mol. The predicted molar refractivity (Wildman–Crippen MR) is 122 cm³/mol. The maximum atomic E-state index is 13.3. The number of allylic oxidation sites excluding steroid dienone is 1. The second kappa shape index (κ2) is 10.3. The molecular formula is C25H27NO3S. The van der Waals surface area contributed by atoms with Crippen LogP contribution in [-0.4, -0.2) is 16.8 Å². The molecule has 0 fully saturated rings. The molecule has 2 aromatic rings. The normalized spacial score (nSPS) is 16.3. The molecule has 1 heterocycles. The standard InChI is InChI=1S/C25H27NO3S/c1-4-20-21(25(28)30-5-2)17(3)26-23(19-14-10-7-11-15-19)22(20)24(27)29-16-18-12-8-6-9-13-18/h6-15,20,26H,4-5,16H2,1-3H3/t20-/m1/s1. The molecule has 30 heavy (non-hydrogen) atoms. The van der Waals surface area contributed by atoms with E-state index < -0.39 is 5.97 Å². The summed E-state index contributed by atoms with van der Waals surface area (Å²) in [6, 6.07) is 19.3. The minimum Gasteiger partial charge on any atom is -0.457 e. The smallest absolute Gasteiger partial charge is 0.337 e. The zero-order valence-electron chi connectivity index (χ0n) is 17.6. The fourth-order valence-corrected chi connectivity index (χ4v) is 4.41. The van der Waals surface area contributed by atoms with Gasteiger partial charge in [-0.2, -0.15) is 0 Å². The van der Waals surface area contributed by atoms with Crippen molar-refractivity contribution in [2.24, 2.45) is 5.92 Å². The van der Waals surface area contributed by atoms with Gasteiger partial charge in [0.15, 0.2) is 0 Å². The quantitative estimate of drug-likeness (QED) is 0.613. The lowest BCUT2D eigenvalue weighted by molar-refractivity contribution is -0.140. The molecule has 0 spiro atoms. The number of carbonyl (C=O) groups excluding carboxylic acids is 2. The molecular weight excluding hydrogens is 394 g/mol. The number of ether oxygens (including phenoxy) is 1. The van der Waals surface area contributed by atoms with Gasteiger partial charge in [0.05, 0.1) is 11.3 Å². The molecule has 1 N–H and O–H groups in total. The van der Waals surface area contributed by atoms with Crippen LogP contribution in [0.15, 0.2) is 77.5 Å². The number of benzene rings is 2. The van der Waals surface area contributed by atoms with Crippen molar-refractivity contribution in [1.82, 2.24) is 5.32 Å². The van der Waals surface area contributed by atoms with E-state index in [1.54, 1.807) is 0 Å². The van der Waals surface area contributed by atoms with Gasteiger partial charge in [-0.25, -0.2) is 4.79 Å². The molecule has 0 aliphatic carbocycles. The van der Waals surface area contributed by atoms with Gasteiger partial charge in [0, 0.05) is 17.2 Å². The van der Waals surface area contributed by atoms with Crippen molar-refractivity contribution < 1.29 is 14.3 Å². The summed E-state index contributed by atoms with van der Waals surface area (Å²) < 4.78 is 5.70. The van der Waals surface area contributed by atoms with Crippen LogP contribution in [0.25, 0.3) is 5.70 Å². The van der Waals surface area contributed by atoms with Crippen LogP contribution in [0.5, 0.6) is 0 Å². The molecule has 1 aliphatic heterocycles. The summed E-state index contributed by atoms with van der Waals surface area (Å²) in [7, 11) is 0. The first-order valence-corrected chi connectivity index (χ1v) is 11.2. The Hall–Kier alpha value is -2.79. The molecule has 2 aromatic carbocycles. The van der Waals surface area contributed by atoms with Crippen LogP contribution < -0.4 is 5.32 Å². The van der Waals surface area contributed by atoms with E-state index in [-0.39, 0.29) is 17.6 Å². The second-order valence-electron chi connectivity index (χ2n) is 7.06. The van der Waals surface area contributed by atoms with E-state index in [2.05, 4.69) is 5.32 Å². The maximum absolute atomic E-state index is 13.3. The van der Waals surface area contributed by atoms with Crippen molar-refractivity contribution in [2.45, 2.75) is 33.8 Å². The highest BCUT2D eigenvalue weighted by atomic mass is 32.2. The molecule has 156 valence electrons. The van der Waals surface area contributed by atoms with E-state index in [9.17, 15) is 9.59 Å². The van der Waals surface area contributed by atoms with Gasteiger partial charge in [-0.05, 0) is 30.2 Å². The second-order valence-corrected chi connectivity index (χ2v) is 8.30. The Kier molecular flexibility index (Phi) is 7.52. The van der Waals surface area contributed by atoms with Crippen LogP contribution in [0.1, 0.15) is 38.3 Å². The average molecular weight is 422 g/mol. The van der Waals surface area contributed by atoms with Gasteiger partial charge in [0.25, 0.3) is 0 Å². The van der Waals surface area contributed by atoms with Crippen molar-refractivity contribution in [2.75, 3.05) is 5.75 Å². The van der Waals surface area contributed by atoms with Crippen LogP contribution in [-0.2, 0) is 20.9 Å². The lowest BCUT2D eigenvalue weighted by Gasteiger charge is -2.31. The number of hydrogen-bond donors (Lipinski definition) is 1. The molecule has 3 rings (SSSR count). The number of esters is 1. The minimum atomic E-state index is -0.392. The first-order valence-electron chi connectivity index (χ1n) is 10.2.